The molecule has 48 heavy (non-hydrogen) atoms. The fraction of sp³-hybridized carbons (Fsp3) is 0.250. The lowest BCUT2D eigenvalue weighted by Gasteiger charge is -2.28. The normalized spacial score (nSPS) is 13.1. The average Bonchev–Trinajstić information content (AvgIpc) is 3.12. The molecule has 1 aliphatic rings. The highest BCUT2D eigenvalue weighted by molar-refractivity contribution is 5.94. The van der Waals surface area contributed by atoms with E-state index in [-0.39, 0.29) is 17.7 Å². The third-order valence-corrected chi connectivity index (χ3v) is 7.81. The molecular weight excluding hydrogens is 608 g/mol. The zero-order valence-electron chi connectivity index (χ0n) is 26.5. The number of hydrogen-bond donors (Lipinski definition) is 3. The van der Waals surface area contributed by atoms with Gasteiger partial charge in [0.25, 0.3) is 11.5 Å². The largest absolute Gasteiger partial charge is 0.491 e. The van der Waals surface area contributed by atoms with Gasteiger partial charge in [-0.25, -0.2) is 9.97 Å². The molecule has 1 aliphatic heterocycles. The first-order valence-corrected chi connectivity index (χ1v) is 15.9. The molecule has 12 heteroatoms. The number of morpholine rings is 1. The second-order valence-corrected chi connectivity index (χ2v) is 11.2. The molecule has 4 heterocycles. The van der Waals surface area contributed by atoms with Gasteiger partial charge in [-0.05, 0) is 78.7 Å². The first-order valence-electron chi connectivity index (χ1n) is 15.9. The maximum Gasteiger partial charge on any atom is 0.263 e. The number of pyridine rings is 2. The van der Waals surface area contributed by atoms with Crippen molar-refractivity contribution in [2.24, 2.45) is 5.73 Å². The Morgan fingerprint density at radius 2 is 1.92 bits per heavy atom. The standard InChI is InChI=1S/C36H38N8O4/c37-12-4-18-48-32-22-26(5-2-14-39-34(45)31-7-3-15-44(35(31)46)25-27-6-1-13-38-23-27)21-28-24-40-36(42-33(28)32)41-29-8-10-30(11-9-29)43-16-19-47-20-17-43/h1-3,5-11,13,15,21-24H,4,12,14,16-20,25,37H2,(H,39,45)(H,40,41,42). The molecule has 0 saturated carbocycles. The zero-order valence-corrected chi connectivity index (χ0v) is 26.5. The topological polar surface area (TPSA) is 150 Å². The van der Waals surface area contributed by atoms with Crippen LogP contribution in [0, 0.1) is 0 Å². The summed E-state index contributed by atoms with van der Waals surface area (Å²) in [4.78, 5) is 41.6. The molecule has 4 N–H and O–H groups in total. The minimum Gasteiger partial charge on any atom is -0.491 e. The van der Waals surface area contributed by atoms with Gasteiger partial charge in [0, 0.05) is 61.2 Å². The lowest BCUT2D eigenvalue weighted by molar-refractivity contribution is 0.0956. The van der Waals surface area contributed by atoms with Crippen molar-refractivity contribution in [1.29, 1.82) is 0 Å². The van der Waals surface area contributed by atoms with Gasteiger partial charge >= 0.3 is 0 Å². The Bertz CT molecular complexity index is 1920. The lowest BCUT2D eigenvalue weighted by atomic mass is 10.1. The van der Waals surface area contributed by atoms with E-state index in [0.717, 1.165) is 54.2 Å². The number of anilines is 3. The van der Waals surface area contributed by atoms with Crippen LogP contribution in [-0.2, 0) is 11.3 Å². The summed E-state index contributed by atoms with van der Waals surface area (Å²) in [6.45, 7) is 4.74. The van der Waals surface area contributed by atoms with Crippen molar-refractivity contribution in [2.45, 2.75) is 13.0 Å². The Balaban J connectivity index is 1.13. The third kappa shape index (κ3) is 8.21. The van der Waals surface area contributed by atoms with E-state index >= 15 is 0 Å². The summed E-state index contributed by atoms with van der Waals surface area (Å²) in [5.74, 6) is 0.617. The smallest absolute Gasteiger partial charge is 0.263 e. The number of benzene rings is 2. The van der Waals surface area contributed by atoms with Crippen LogP contribution >= 0.6 is 0 Å². The van der Waals surface area contributed by atoms with Gasteiger partial charge in [-0.15, -0.1) is 0 Å². The van der Waals surface area contributed by atoms with Crippen LogP contribution in [0.15, 0.2) is 96.3 Å². The Hall–Kier alpha value is -5.59. The highest BCUT2D eigenvalue weighted by Crippen LogP contribution is 2.29. The van der Waals surface area contributed by atoms with Gasteiger partial charge in [0.05, 0.1) is 26.4 Å². The minimum atomic E-state index is -0.446. The zero-order chi connectivity index (χ0) is 33.1. The number of aromatic nitrogens is 4. The van der Waals surface area contributed by atoms with E-state index in [1.165, 1.54) is 10.6 Å². The number of carbonyl (C=O) groups excluding carboxylic acids is 1. The third-order valence-electron chi connectivity index (χ3n) is 7.81. The molecule has 2 aromatic carbocycles. The summed E-state index contributed by atoms with van der Waals surface area (Å²) in [6, 6.07) is 19.0. The molecule has 5 aromatic rings. The Morgan fingerprint density at radius 1 is 1.06 bits per heavy atom. The number of nitrogens with one attached hydrogen (secondary N) is 2. The van der Waals surface area contributed by atoms with Crippen LogP contribution < -0.4 is 31.6 Å². The Labute approximate surface area is 278 Å². The van der Waals surface area contributed by atoms with Gasteiger partial charge < -0.3 is 35.3 Å². The fourth-order valence-electron chi connectivity index (χ4n) is 5.34. The van der Waals surface area contributed by atoms with E-state index in [4.69, 9.17) is 20.2 Å². The number of amides is 1. The summed E-state index contributed by atoms with van der Waals surface area (Å²) in [7, 11) is 0. The van der Waals surface area contributed by atoms with Crippen LogP contribution in [0.4, 0.5) is 17.3 Å². The van der Waals surface area contributed by atoms with Crippen LogP contribution in [0.2, 0.25) is 0 Å². The molecule has 0 aliphatic carbocycles. The van der Waals surface area contributed by atoms with E-state index in [1.807, 2.05) is 48.6 Å². The summed E-state index contributed by atoms with van der Waals surface area (Å²) < 4.78 is 13.1. The Morgan fingerprint density at radius 3 is 2.71 bits per heavy atom. The maximum absolute atomic E-state index is 13.0. The van der Waals surface area contributed by atoms with Gasteiger partial charge in [-0.3, -0.25) is 14.6 Å². The average molecular weight is 647 g/mol. The van der Waals surface area contributed by atoms with E-state index in [9.17, 15) is 9.59 Å². The highest BCUT2D eigenvalue weighted by atomic mass is 16.5. The second-order valence-electron chi connectivity index (χ2n) is 11.2. The van der Waals surface area contributed by atoms with Crippen LogP contribution in [0.25, 0.3) is 17.0 Å². The first-order chi connectivity index (χ1) is 23.6. The lowest BCUT2D eigenvalue weighted by Crippen LogP contribution is -2.36. The monoisotopic (exact) mass is 646 g/mol. The van der Waals surface area contributed by atoms with Gasteiger partial charge in [0.15, 0.2) is 0 Å². The number of fused-ring (bicyclic) bond motifs is 1. The molecule has 1 fully saturated rings. The molecule has 12 nitrogen and oxygen atoms in total. The maximum atomic E-state index is 13.0. The van der Waals surface area contributed by atoms with Crippen LogP contribution in [0.5, 0.6) is 5.75 Å². The van der Waals surface area contributed by atoms with Crippen molar-refractivity contribution in [1.82, 2.24) is 24.8 Å². The molecule has 0 spiro atoms. The molecule has 246 valence electrons. The molecule has 0 bridgehead atoms. The van der Waals surface area contributed by atoms with Crippen LogP contribution in [0.3, 0.4) is 0 Å². The number of ether oxygens (including phenoxy) is 2. The second kappa shape index (κ2) is 15.8. The van der Waals surface area contributed by atoms with Gasteiger partial charge in [-0.1, -0.05) is 18.2 Å². The van der Waals surface area contributed by atoms with E-state index in [1.54, 1.807) is 30.9 Å². The highest BCUT2D eigenvalue weighted by Gasteiger charge is 2.14. The van der Waals surface area contributed by atoms with E-state index < -0.39 is 5.91 Å². The van der Waals surface area contributed by atoms with E-state index in [2.05, 4.69) is 37.6 Å². The van der Waals surface area contributed by atoms with Crippen LogP contribution in [0.1, 0.15) is 27.9 Å². The molecule has 0 unspecified atom stereocenters. The number of hydrogen-bond acceptors (Lipinski definition) is 10. The number of carbonyl (C=O) groups is 1. The van der Waals surface area contributed by atoms with Crippen molar-refractivity contribution in [3.63, 3.8) is 0 Å². The van der Waals surface area contributed by atoms with Gasteiger partial charge in [0.2, 0.25) is 5.95 Å². The summed E-state index contributed by atoms with van der Waals surface area (Å²) >= 11 is 0. The predicted octanol–water partition coefficient (Wildman–Crippen LogP) is 3.99. The van der Waals surface area contributed by atoms with Crippen molar-refractivity contribution < 1.29 is 14.3 Å². The summed E-state index contributed by atoms with van der Waals surface area (Å²) in [6.07, 6.45) is 11.2. The molecule has 1 saturated heterocycles. The molecule has 0 atom stereocenters. The molecular formula is C36H38N8O4. The van der Waals surface area contributed by atoms with Crippen LogP contribution in [-0.4, -0.2) is 71.4 Å². The minimum absolute atomic E-state index is 0.0747. The van der Waals surface area contributed by atoms with Crippen molar-refractivity contribution in [2.75, 3.05) is 56.2 Å². The number of nitrogens with zero attached hydrogens (tertiary/aromatic N) is 5. The van der Waals surface area contributed by atoms with Crippen molar-refractivity contribution in [3.05, 3.63) is 119 Å². The van der Waals surface area contributed by atoms with Gasteiger partial charge in [-0.2, -0.15) is 0 Å². The first kappa shape index (κ1) is 32.4. The fourth-order valence-corrected chi connectivity index (χ4v) is 5.34. The molecule has 0 radical (unpaired) electrons. The van der Waals surface area contributed by atoms with Gasteiger partial charge in [0.1, 0.15) is 16.8 Å². The Kier molecular flexibility index (Phi) is 10.7. The summed E-state index contributed by atoms with van der Waals surface area (Å²) in [5, 5.41) is 6.91. The van der Waals surface area contributed by atoms with E-state index in [0.29, 0.717) is 43.3 Å². The van der Waals surface area contributed by atoms with Crippen molar-refractivity contribution >= 4 is 40.2 Å². The predicted molar refractivity (Wildman–Crippen MR) is 187 cm³/mol. The summed E-state index contributed by atoms with van der Waals surface area (Å²) in [5.41, 5.74) is 9.84. The van der Waals surface area contributed by atoms with Crippen molar-refractivity contribution in [3.8, 4) is 5.75 Å². The quantitative estimate of drug-likeness (QED) is 0.160. The number of nitrogens with two attached hydrogens (primary N) is 1. The SMILES string of the molecule is NCCCOc1cc(C=CCNC(=O)c2cccn(Cc3cccnc3)c2=O)cc2cnc(Nc3ccc(N4CCOCC4)cc3)nc12. The molecule has 1 amide bonds. The molecule has 6 rings (SSSR count). The molecule has 3 aromatic heterocycles. The number of rotatable bonds is 13.